The van der Waals surface area contributed by atoms with Crippen LogP contribution in [0.2, 0.25) is 0 Å². The molecule has 5 heteroatoms. The van der Waals surface area contributed by atoms with E-state index in [2.05, 4.69) is 36.1 Å². The molecule has 0 spiro atoms. The average molecular weight is 304 g/mol. The van der Waals surface area contributed by atoms with Crippen LogP contribution in [0.25, 0.3) is 0 Å². The van der Waals surface area contributed by atoms with Crippen molar-refractivity contribution in [3.63, 3.8) is 0 Å². The molecule has 0 aliphatic carbocycles. The Morgan fingerprint density at radius 3 is 2.86 bits per heavy atom. The molecule has 122 valence electrons. The summed E-state index contributed by atoms with van der Waals surface area (Å²) in [7, 11) is 0. The molecule has 0 saturated carbocycles. The summed E-state index contributed by atoms with van der Waals surface area (Å²) in [6.45, 7) is 9.06. The number of piperidine rings is 1. The first kappa shape index (κ1) is 16.7. The summed E-state index contributed by atoms with van der Waals surface area (Å²) in [5.74, 6) is 1.43. The van der Waals surface area contributed by atoms with Crippen molar-refractivity contribution in [1.82, 2.24) is 14.9 Å². The monoisotopic (exact) mass is 304 g/mol. The highest BCUT2D eigenvalue weighted by atomic mass is 16.2. The van der Waals surface area contributed by atoms with E-state index in [9.17, 15) is 4.79 Å². The first-order valence-corrected chi connectivity index (χ1v) is 8.48. The number of rotatable bonds is 5. The van der Waals surface area contributed by atoms with E-state index in [1.165, 1.54) is 6.42 Å². The van der Waals surface area contributed by atoms with E-state index in [4.69, 9.17) is 0 Å². The van der Waals surface area contributed by atoms with Crippen LogP contribution in [0.5, 0.6) is 0 Å². The van der Waals surface area contributed by atoms with Gasteiger partial charge in [0.05, 0.1) is 0 Å². The molecule has 1 N–H and O–H groups in total. The predicted octanol–water partition coefficient (Wildman–Crippen LogP) is 3.40. The molecule has 5 nitrogen and oxygen atoms in total. The van der Waals surface area contributed by atoms with Crippen LogP contribution >= 0.6 is 0 Å². The highest BCUT2D eigenvalue weighted by Gasteiger charge is 2.27. The largest absolute Gasteiger partial charge is 0.368 e. The third-order valence-corrected chi connectivity index (χ3v) is 4.42. The number of hydrogen-bond donors (Lipinski definition) is 1. The van der Waals surface area contributed by atoms with E-state index >= 15 is 0 Å². The Balaban J connectivity index is 2.21. The minimum Gasteiger partial charge on any atom is -0.368 e. The molecule has 1 aromatic heterocycles. The second-order valence-electron chi connectivity index (χ2n) is 6.20. The summed E-state index contributed by atoms with van der Waals surface area (Å²) in [5, 5.41) is 3.33. The quantitative estimate of drug-likeness (QED) is 0.905. The van der Waals surface area contributed by atoms with Gasteiger partial charge in [0.1, 0.15) is 17.3 Å². The van der Waals surface area contributed by atoms with Crippen LogP contribution in [0.1, 0.15) is 69.2 Å². The van der Waals surface area contributed by atoms with Crippen LogP contribution in [0.15, 0.2) is 6.07 Å². The normalized spacial score (nSPS) is 19.8. The van der Waals surface area contributed by atoms with Gasteiger partial charge in [0, 0.05) is 24.7 Å². The van der Waals surface area contributed by atoms with Crippen molar-refractivity contribution in [3.05, 3.63) is 17.6 Å². The predicted molar refractivity (Wildman–Crippen MR) is 89.1 cm³/mol. The fraction of sp³-hybridized carbons (Fsp3) is 0.706. The molecule has 1 aliphatic rings. The van der Waals surface area contributed by atoms with E-state index < -0.39 is 0 Å². The molecule has 1 aliphatic heterocycles. The first-order chi connectivity index (χ1) is 10.5. The van der Waals surface area contributed by atoms with Crippen LogP contribution in [0, 0.1) is 6.92 Å². The zero-order valence-corrected chi connectivity index (χ0v) is 14.2. The molecular formula is C17H28N4O. The molecule has 0 aromatic carbocycles. The van der Waals surface area contributed by atoms with Crippen molar-refractivity contribution in [2.75, 3.05) is 11.9 Å². The number of hydrogen-bond acceptors (Lipinski definition) is 4. The number of anilines is 1. The third-order valence-electron chi connectivity index (χ3n) is 4.42. The lowest BCUT2D eigenvalue weighted by molar-refractivity contribution is 0.0601. The molecule has 2 heterocycles. The number of amides is 1. The van der Waals surface area contributed by atoms with Crippen molar-refractivity contribution < 1.29 is 4.79 Å². The number of nitrogens with zero attached hydrogens (tertiary/aromatic N) is 3. The second kappa shape index (κ2) is 7.56. The van der Waals surface area contributed by atoms with Crippen molar-refractivity contribution in [3.8, 4) is 0 Å². The van der Waals surface area contributed by atoms with Crippen LogP contribution in [-0.4, -0.2) is 39.4 Å². The summed E-state index contributed by atoms with van der Waals surface area (Å²) in [6, 6.07) is 2.47. The van der Waals surface area contributed by atoms with Crippen LogP contribution in [-0.2, 0) is 0 Å². The fourth-order valence-corrected chi connectivity index (χ4v) is 2.95. The highest BCUT2D eigenvalue weighted by Crippen LogP contribution is 2.22. The van der Waals surface area contributed by atoms with Crippen molar-refractivity contribution >= 4 is 11.7 Å². The summed E-state index contributed by atoms with van der Waals surface area (Å²) in [6.07, 6.45) is 5.42. The highest BCUT2D eigenvalue weighted by molar-refractivity contribution is 5.93. The molecule has 0 radical (unpaired) electrons. The Bertz CT molecular complexity index is 517. The molecule has 0 bridgehead atoms. The molecule has 1 saturated heterocycles. The summed E-state index contributed by atoms with van der Waals surface area (Å²) < 4.78 is 0. The van der Waals surface area contributed by atoms with Gasteiger partial charge in [0.15, 0.2) is 0 Å². The average Bonchev–Trinajstić information content (AvgIpc) is 2.53. The fourth-order valence-electron chi connectivity index (χ4n) is 2.95. The van der Waals surface area contributed by atoms with Gasteiger partial charge in [-0.25, -0.2) is 9.97 Å². The maximum atomic E-state index is 12.8. The lowest BCUT2D eigenvalue weighted by Gasteiger charge is -2.35. The Kier molecular flexibility index (Phi) is 5.75. The number of aryl methyl sites for hydroxylation is 1. The van der Waals surface area contributed by atoms with Gasteiger partial charge in [0.2, 0.25) is 0 Å². The molecule has 22 heavy (non-hydrogen) atoms. The van der Waals surface area contributed by atoms with Gasteiger partial charge >= 0.3 is 0 Å². The number of likely N-dealkylation sites (tertiary alicyclic amines) is 1. The first-order valence-electron chi connectivity index (χ1n) is 8.48. The number of aromatic nitrogens is 2. The minimum absolute atomic E-state index is 0.0456. The van der Waals surface area contributed by atoms with Crippen molar-refractivity contribution in [2.24, 2.45) is 0 Å². The lowest BCUT2D eigenvalue weighted by Crippen LogP contribution is -2.43. The number of nitrogens with one attached hydrogen (secondary N) is 1. The standard InChI is InChI=1S/C17H28N4O/c1-5-12(3)18-16-11-15(19-13(4)20-16)17(22)21-10-8-7-9-14(21)6-2/h11-12,14H,5-10H2,1-4H3,(H,18,19,20). The summed E-state index contributed by atoms with van der Waals surface area (Å²) >= 11 is 0. The van der Waals surface area contributed by atoms with Gasteiger partial charge < -0.3 is 10.2 Å². The van der Waals surface area contributed by atoms with Crippen LogP contribution in [0.3, 0.4) is 0 Å². The van der Waals surface area contributed by atoms with E-state index in [1.807, 2.05) is 11.8 Å². The lowest BCUT2D eigenvalue weighted by atomic mass is 9.99. The minimum atomic E-state index is 0.0456. The number of carbonyl (C=O) groups excluding carboxylic acids is 1. The third kappa shape index (κ3) is 3.96. The topological polar surface area (TPSA) is 58.1 Å². The Morgan fingerprint density at radius 2 is 2.18 bits per heavy atom. The van der Waals surface area contributed by atoms with Crippen molar-refractivity contribution in [1.29, 1.82) is 0 Å². The van der Waals surface area contributed by atoms with Gasteiger partial charge in [-0.3, -0.25) is 4.79 Å². The van der Waals surface area contributed by atoms with Crippen LogP contribution in [0.4, 0.5) is 5.82 Å². The Labute approximate surface area is 133 Å². The van der Waals surface area contributed by atoms with Gasteiger partial charge in [-0.15, -0.1) is 0 Å². The second-order valence-corrected chi connectivity index (χ2v) is 6.20. The zero-order chi connectivity index (χ0) is 16.1. The molecule has 1 aromatic rings. The van der Waals surface area contributed by atoms with Gasteiger partial charge in [-0.1, -0.05) is 13.8 Å². The van der Waals surface area contributed by atoms with E-state index in [-0.39, 0.29) is 5.91 Å². The molecule has 1 fully saturated rings. The molecule has 1 amide bonds. The maximum Gasteiger partial charge on any atom is 0.272 e. The molecule has 2 rings (SSSR count). The van der Waals surface area contributed by atoms with E-state index in [1.54, 1.807) is 6.07 Å². The SMILES string of the molecule is CCC(C)Nc1cc(C(=O)N2CCCCC2CC)nc(C)n1. The molecule has 2 unspecified atom stereocenters. The van der Waals surface area contributed by atoms with Crippen LogP contribution < -0.4 is 5.32 Å². The Morgan fingerprint density at radius 1 is 1.41 bits per heavy atom. The van der Waals surface area contributed by atoms with Gasteiger partial charge in [-0.2, -0.15) is 0 Å². The number of carbonyl (C=O) groups is 1. The van der Waals surface area contributed by atoms with E-state index in [0.29, 0.717) is 23.6 Å². The zero-order valence-electron chi connectivity index (χ0n) is 14.2. The van der Waals surface area contributed by atoms with Gasteiger partial charge in [-0.05, 0) is 46.0 Å². The summed E-state index contributed by atoms with van der Waals surface area (Å²) in [5.41, 5.74) is 0.513. The van der Waals surface area contributed by atoms with Crippen molar-refractivity contribution in [2.45, 2.75) is 71.9 Å². The maximum absolute atomic E-state index is 12.8. The smallest absolute Gasteiger partial charge is 0.272 e. The molecule has 2 atom stereocenters. The summed E-state index contributed by atoms with van der Waals surface area (Å²) in [4.78, 5) is 23.6. The van der Waals surface area contributed by atoms with E-state index in [0.717, 1.165) is 38.0 Å². The Hall–Kier alpha value is -1.65. The van der Waals surface area contributed by atoms with Gasteiger partial charge in [0.25, 0.3) is 5.91 Å². The molecular weight excluding hydrogens is 276 g/mol.